The Morgan fingerprint density at radius 3 is 2.94 bits per heavy atom. The van der Waals surface area contributed by atoms with Crippen molar-refractivity contribution in [1.29, 1.82) is 0 Å². The molecule has 98 valence electrons. The summed E-state index contributed by atoms with van der Waals surface area (Å²) in [5, 5.41) is 4.16. The summed E-state index contributed by atoms with van der Waals surface area (Å²) in [6.07, 6.45) is 0. The summed E-state index contributed by atoms with van der Waals surface area (Å²) >= 11 is 5.52. The fourth-order valence-electron chi connectivity index (χ4n) is 1.87. The van der Waals surface area contributed by atoms with Crippen LogP contribution in [0.2, 0.25) is 0 Å². The van der Waals surface area contributed by atoms with Gasteiger partial charge in [0.15, 0.2) is 5.69 Å². The van der Waals surface area contributed by atoms with Crippen LogP contribution in [0.4, 0.5) is 0 Å². The fraction of sp³-hybridized carbons (Fsp3) is 0.545. The number of hydrogen-bond acceptors (Lipinski definition) is 4. The molecule has 0 bridgehead atoms. The lowest BCUT2D eigenvalue weighted by Crippen LogP contribution is -2.39. The molecule has 6 nitrogen and oxygen atoms in total. The summed E-state index contributed by atoms with van der Waals surface area (Å²) < 4.78 is 6.61. The molecule has 0 aliphatic carbocycles. The third kappa shape index (κ3) is 2.48. The molecule has 0 radical (unpaired) electrons. The highest BCUT2D eigenvalue weighted by molar-refractivity contribution is 6.27. The van der Waals surface area contributed by atoms with E-state index in [1.807, 2.05) is 0 Å². The average Bonchev–Trinajstić information content (AvgIpc) is 2.80. The Labute approximate surface area is 109 Å². The lowest BCUT2D eigenvalue weighted by molar-refractivity contribution is -0.129. The minimum atomic E-state index is -0.436. The van der Waals surface area contributed by atoms with Crippen LogP contribution in [0.5, 0.6) is 0 Å². The van der Waals surface area contributed by atoms with Crippen molar-refractivity contribution in [2.24, 2.45) is 0 Å². The summed E-state index contributed by atoms with van der Waals surface area (Å²) in [6, 6.07) is 1.66. The summed E-state index contributed by atoms with van der Waals surface area (Å²) in [7, 11) is 0. The van der Waals surface area contributed by atoms with Crippen molar-refractivity contribution in [3.05, 3.63) is 17.5 Å². The van der Waals surface area contributed by atoms with E-state index in [1.54, 1.807) is 22.6 Å². The third-order valence-electron chi connectivity index (χ3n) is 2.75. The topological polar surface area (TPSA) is 64.4 Å². The molecule has 0 spiro atoms. The van der Waals surface area contributed by atoms with E-state index >= 15 is 0 Å². The Balaban J connectivity index is 2.13. The molecule has 7 heteroatoms. The summed E-state index contributed by atoms with van der Waals surface area (Å²) in [5.74, 6) is -0.574. The molecule has 18 heavy (non-hydrogen) atoms. The average molecular weight is 272 g/mol. The SMILES string of the molecule is CCOC(=O)c1cc2n(n1)CCN(C(=O)CCl)C2. The number of carbonyl (C=O) groups excluding carboxylic acids is 2. The van der Waals surface area contributed by atoms with Crippen molar-refractivity contribution in [2.75, 3.05) is 19.0 Å². The third-order valence-corrected chi connectivity index (χ3v) is 2.98. The molecule has 0 N–H and O–H groups in total. The Bertz CT molecular complexity index is 472. The Hall–Kier alpha value is -1.56. The van der Waals surface area contributed by atoms with Gasteiger partial charge in [0.1, 0.15) is 5.88 Å². The maximum absolute atomic E-state index is 11.5. The highest BCUT2D eigenvalue weighted by Crippen LogP contribution is 2.14. The zero-order valence-electron chi connectivity index (χ0n) is 10.1. The van der Waals surface area contributed by atoms with E-state index < -0.39 is 5.97 Å². The largest absolute Gasteiger partial charge is 0.461 e. The van der Waals surface area contributed by atoms with Gasteiger partial charge in [0, 0.05) is 6.54 Å². The quantitative estimate of drug-likeness (QED) is 0.598. The second kappa shape index (κ2) is 5.39. The molecule has 0 saturated carbocycles. The highest BCUT2D eigenvalue weighted by atomic mass is 35.5. The second-order valence-electron chi connectivity index (χ2n) is 3.91. The van der Waals surface area contributed by atoms with E-state index in [4.69, 9.17) is 16.3 Å². The molecule has 1 aromatic heterocycles. The van der Waals surface area contributed by atoms with Crippen molar-refractivity contribution in [1.82, 2.24) is 14.7 Å². The molecule has 1 amide bonds. The van der Waals surface area contributed by atoms with Crippen LogP contribution in [0.15, 0.2) is 6.07 Å². The second-order valence-corrected chi connectivity index (χ2v) is 4.18. The van der Waals surface area contributed by atoms with Crippen LogP contribution in [0.3, 0.4) is 0 Å². The number of ether oxygens (including phenoxy) is 1. The van der Waals surface area contributed by atoms with Crippen LogP contribution in [0, 0.1) is 0 Å². The minimum Gasteiger partial charge on any atom is -0.461 e. The maximum Gasteiger partial charge on any atom is 0.358 e. The molecule has 0 atom stereocenters. The van der Waals surface area contributed by atoms with Crippen LogP contribution in [-0.2, 0) is 22.6 Å². The van der Waals surface area contributed by atoms with Gasteiger partial charge in [0.25, 0.3) is 0 Å². The first-order valence-corrected chi connectivity index (χ1v) is 6.26. The number of aromatic nitrogens is 2. The van der Waals surface area contributed by atoms with Gasteiger partial charge in [-0.2, -0.15) is 5.10 Å². The number of rotatable bonds is 3. The molecule has 1 aliphatic rings. The van der Waals surface area contributed by atoms with Gasteiger partial charge in [-0.1, -0.05) is 0 Å². The van der Waals surface area contributed by atoms with Gasteiger partial charge in [-0.25, -0.2) is 4.79 Å². The van der Waals surface area contributed by atoms with Gasteiger partial charge in [-0.3, -0.25) is 9.48 Å². The first-order chi connectivity index (χ1) is 8.65. The van der Waals surface area contributed by atoms with E-state index in [1.165, 1.54) is 0 Å². The predicted octanol–water partition coefficient (Wildman–Crippen LogP) is 0.641. The zero-order chi connectivity index (χ0) is 13.1. The number of hydrogen-bond donors (Lipinski definition) is 0. The molecule has 0 saturated heterocycles. The van der Waals surface area contributed by atoms with Crippen LogP contribution in [-0.4, -0.2) is 45.6 Å². The summed E-state index contributed by atoms with van der Waals surface area (Å²) in [6.45, 7) is 3.62. The van der Waals surface area contributed by atoms with Crippen molar-refractivity contribution in [2.45, 2.75) is 20.0 Å². The summed E-state index contributed by atoms with van der Waals surface area (Å²) in [5.41, 5.74) is 1.11. The highest BCUT2D eigenvalue weighted by Gasteiger charge is 2.23. The number of fused-ring (bicyclic) bond motifs is 1. The van der Waals surface area contributed by atoms with Gasteiger partial charge >= 0.3 is 5.97 Å². The van der Waals surface area contributed by atoms with Gasteiger partial charge < -0.3 is 9.64 Å². The molecule has 0 aromatic carbocycles. The standard InChI is InChI=1S/C11H14ClN3O3/c1-2-18-11(17)9-5-8-7-14(10(16)6-12)3-4-15(8)13-9/h5H,2-4,6-7H2,1H3. The first kappa shape index (κ1) is 12.9. The van der Waals surface area contributed by atoms with Crippen LogP contribution < -0.4 is 0 Å². The molecular weight excluding hydrogens is 258 g/mol. The number of halogens is 1. The van der Waals surface area contributed by atoms with Crippen LogP contribution in [0.1, 0.15) is 23.1 Å². The number of esters is 1. The molecule has 2 rings (SSSR count). The van der Waals surface area contributed by atoms with Gasteiger partial charge in [-0.05, 0) is 13.0 Å². The number of nitrogens with zero attached hydrogens (tertiary/aromatic N) is 3. The lowest BCUT2D eigenvalue weighted by Gasteiger charge is -2.26. The van der Waals surface area contributed by atoms with Gasteiger partial charge in [0.05, 0.1) is 25.4 Å². The predicted molar refractivity (Wildman–Crippen MR) is 64.3 cm³/mol. The number of carbonyl (C=O) groups is 2. The van der Waals surface area contributed by atoms with E-state index in [2.05, 4.69) is 5.10 Å². The van der Waals surface area contributed by atoms with Crippen molar-refractivity contribution < 1.29 is 14.3 Å². The van der Waals surface area contributed by atoms with Crippen molar-refractivity contribution in [3.63, 3.8) is 0 Å². The number of amides is 1. The van der Waals surface area contributed by atoms with E-state index in [-0.39, 0.29) is 17.5 Å². The Morgan fingerprint density at radius 1 is 1.50 bits per heavy atom. The summed E-state index contributed by atoms with van der Waals surface area (Å²) in [4.78, 5) is 24.7. The lowest BCUT2D eigenvalue weighted by atomic mass is 10.3. The smallest absolute Gasteiger partial charge is 0.358 e. The van der Waals surface area contributed by atoms with Gasteiger partial charge in [0.2, 0.25) is 5.91 Å². The zero-order valence-corrected chi connectivity index (χ0v) is 10.8. The monoisotopic (exact) mass is 271 g/mol. The Morgan fingerprint density at radius 2 is 2.28 bits per heavy atom. The first-order valence-electron chi connectivity index (χ1n) is 5.73. The van der Waals surface area contributed by atoms with Crippen LogP contribution >= 0.6 is 11.6 Å². The molecular formula is C11H14ClN3O3. The van der Waals surface area contributed by atoms with Gasteiger partial charge in [-0.15, -0.1) is 11.6 Å². The van der Waals surface area contributed by atoms with Crippen molar-refractivity contribution >= 4 is 23.5 Å². The van der Waals surface area contributed by atoms with E-state index in [0.717, 1.165) is 5.69 Å². The number of alkyl halides is 1. The van der Waals surface area contributed by atoms with E-state index in [0.29, 0.717) is 26.2 Å². The normalized spacial score (nSPS) is 14.2. The molecule has 1 aliphatic heterocycles. The van der Waals surface area contributed by atoms with Crippen LogP contribution in [0.25, 0.3) is 0 Å². The molecule has 1 aromatic rings. The fourth-order valence-corrected chi connectivity index (χ4v) is 2.04. The molecule has 0 fully saturated rings. The minimum absolute atomic E-state index is 0.0289. The van der Waals surface area contributed by atoms with Crippen molar-refractivity contribution in [3.8, 4) is 0 Å². The molecule has 2 heterocycles. The molecule has 0 unspecified atom stereocenters. The maximum atomic E-state index is 11.5. The van der Waals surface area contributed by atoms with E-state index in [9.17, 15) is 9.59 Å². The Kier molecular flexibility index (Phi) is 3.86.